The van der Waals surface area contributed by atoms with E-state index in [4.69, 9.17) is 9.47 Å². The van der Waals surface area contributed by atoms with Gasteiger partial charge in [-0.1, -0.05) is 18.2 Å². The molecule has 3 aromatic heterocycles. The average molecular weight is 409 g/mol. The summed E-state index contributed by atoms with van der Waals surface area (Å²) in [6.45, 7) is 0. The average Bonchev–Trinajstić information content (AvgIpc) is 3.22. The SMILES string of the molecule is COc1ccc(-c2cn(C(=O)c3cccc4ccncc34)c3ncccc23)cc1OC. The van der Waals surface area contributed by atoms with Crippen LogP contribution in [0.25, 0.3) is 32.9 Å². The molecule has 0 bridgehead atoms. The molecule has 6 nitrogen and oxygen atoms in total. The van der Waals surface area contributed by atoms with Crippen LogP contribution in [0.15, 0.2) is 79.4 Å². The van der Waals surface area contributed by atoms with Gasteiger partial charge in [-0.05, 0) is 47.3 Å². The molecule has 5 aromatic rings. The molecule has 0 aliphatic rings. The number of carbonyl (C=O) groups is 1. The van der Waals surface area contributed by atoms with Gasteiger partial charge in [0.2, 0.25) is 0 Å². The number of benzene rings is 2. The van der Waals surface area contributed by atoms with Crippen LogP contribution in [0.3, 0.4) is 0 Å². The largest absolute Gasteiger partial charge is 0.493 e. The topological polar surface area (TPSA) is 66.2 Å². The predicted molar refractivity (Wildman–Crippen MR) is 120 cm³/mol. The van der Waals surface area contributed by atoms with E-state index in [0.717, 1.165) is 27.3 Å². The molecule has 0 unspecified atom stereocenters. The summed E-state index contributed by atoms with van der Waals surface area (Å²) in [5.74, 6) is 1.11. The van der Waals surface area contributed by atoms with Crippen LogP contribution in [-0.4, -0.2) is 34.7 Å². The number of carbonyl (C=O) groups excluding carboxylic acids is 1. The van der Waals surface area contributed by atoms with Crippen LogP contribution in [-0.2, 0) is 0 Å². The van der Waals surface area contributed by atoms with E-state index in [2.05, 4.69) is 9.97 Å². The van der Waals surface area contributed by atoms with Crippen molar-refractivity contribution in [3.8, 4) is 22.6 Å². The van der Waals surface area contributed by atoms with Crippen molar-refractivity contribution < 1.29 is 14.3 Å². The summed E-state index contributed by atoms with van der Waals surface area (Å²) in [4.78, 5) is 22.3. The minimum atomic E-state index is -0.158. The lowest BCUT2D eigenvalue weighted by Gasteiger charge is -2.09. The molecule has 3 heterocycles. The Bertz CT molecular complexity index is 1430. The summed E-state index contributed by atoms with van der Waals surface area (Å²) in [5.41, 5.74) is 2.96. The molecule has 0 aliphatic carbocycles. The molecule has 2 aromatic carbocycles. The van der Waals surface area contributed by atoms with Crippen molar-refractivity contribution >= 4 is 27.7 Å². The smallest absolute Gasteiger partial charge is 0.264 e. The van der Waals surface area contributed by atoms with Crippen molar-refractivity contribution in [3.05, 3.63) is 84.9 Å². The van der Waals surface area contributed by atoms with E-state index in [0.29, 0.717) is 22.7 Å². The van der Waals surface area contributed by atoms with Crippen molar-refractivity contribution in [3.63, 3.8) is 0 Å². The van der Waals surface area contributed by atoms with Gasteiger partial charge >= 0.3 is 0 Å². The maximum absolute atomic E-state index is 13.6. The third-order valence-corrected chi connectivity index (χ3v) is 5.39. The van der Waals surface area contributed by atoms with Gasteiger partial charge in [-0.3, -0.25) is 14.3 Å². The Hall–Kier alpha value is -4.19. The van der Waals surface area contributed by atoms with E-state index in [9.17, 15) is 4.79 Å². The van der Waals surface area contributed by atoms with E-state index in [-0.39, 0.29) is 5.91 Å². The molecule has 0 aliphatic heterocycles. The molecule has 0 atom stereocenters. The minimum Gasteiger partial charge on any atom is -0.493 e. The van der Waals surface area contributed by atoms with Crippen LogP contribution in [0.2, 0.25) is 0 Å². The summed E-state index contributed by atoms with van der Waals surface area (Å²) >= 11 is 0. The predicted octanol–water partition coefficient (Wildman–Crippen LogP) is 4.96. The highest BCUT2D eigenvalue weighted by atomic mass is 16.5. The number of fused-ring (bicyclic) bond motifs is 2. The molecule has 0 saturated carbocycles. The fraction of sp³-hybridized carbons (Fsp3) is 0.0800. The van der Waals surface area contributed by atoms with Crippen molar-refractivity contribution in [2.24, 2.45) is 0 Å². The molecule has 31 heavy (non-hydrogen) atoms. The van der Waals surface area contributed by atoms with Crippen LogP contribution < -0.4 is 9.47 Å². The summed E-state index contributed by atoms with van der Waals surface area (Å²) in [6.07, 6.45) is 6.96. The van der Waals surface area contributed by atoms with Gasteiger partial charge in [0, 0.05) is 46.7 Å². The molecular weight excluding hydrogens is 390 g/mol. The molecule has 6 heteroatoms. The van der Waals surface area contributed by atoms with Gasteiger partial charge in [0.05, 0.1) is 14.2 Å². The molecule has 0 N–H and O–H groups in total. The Morgan fingerprint density at radius 2 is 1.77 bits per heavy atom. The van der Waals surface area contributed by atoms with Crippen LogP contribution in [0.1, 0.15) is 10.4 Å². The fourth-order valence-corrected chi connectivity index (χ4v) is 3.88. The Balaban J connectivity index is 1.70. The van der Waals surface area contributed by atoms with Gasteiger partial charge in [0.1, 0.15) is 5.65 Å². The number of rotatable bonds is 4. The quantitative estimate of drug-likeness (QED) is 0.420. The normalized spacial score (nSPS) is 11.0. The van der Waals surface area contributed by atoms with Crippen molar-refractivity contribution in [1.29, 1.82) is 0 Å². The summed E-state index contributed by atoms with van der Waals surface area (Å²) in [6, 6.07) is 17.1. The second-order valence-electron chi connectivity index (χ2n) is 7.06. The number of pyridine rings is 2. The maximum Gasteiger partial charge on any atom is 0.264 e. The van der Waals surface area contributed by atoms with E-state index in [1.807, 2.05) is 60.8 Å². The summed E-state index contributed by atoms with van der Waals surface area (Å²) < 4.78 is 12.4. The van der Waals surface area contributed by atoms with Crippen LogP contribution in [0.5, 0.6) is 11.5 Å². The lowest BCUT2D eigenvalue weighted by atomic mass is 10.1. The maximum atomic E-state index is 13.6. The first-order valence-electron chi connectivity index (χ1n) is 9.77. The van der Waals surface area contributed by atoms with Crippen LogP contribution in [0, 0.1) is 0 Å². The Labute approximate surface area is 178 Å². The Kier molecular flexibility index (Phi) is 4.59. The van der Waals surface area contributed by atoms with Gasteiger partial charge < -0.3 is 9.47 Å². The standard InChI is InChI=1S/C25H19N3O3/c1-30-22-9-8-17(13-23(22)31-2)21-15-28(24-18(21)7-4-11-27-24)25(29)19-6-3-5-16-10-12-26-14-20(16)19/h3-15H,1-2H3. The summed E-state index contributed by atoms with van der Waals surface area (Å²) in [7, 11) is 3.20. The lowest BCUT2D eigenvalue weighted by molar-refractivity contribution is 0.0966. The van der Waals surface area contributed by atoms with E-state index >= 15 is 0 Å². The number of hydrogen-bond donors (Lipinski definition) is 0. The highest BCUT2D eigenvalue weighted by molar-refractivity contribution is 6.11. The van der Waals surface area contributed by atoms with Crippen LogP contribution in [0.4, 0.5) is 0 Å². The number of nitrogens with zero attached hydrogens (tertiary/aromatic N) is 3. The van der Waals surface area contributed by atoms with Crippen molar-refractivity contribution in [2.45, 2.75) is 0 Å². The lowest BCUT2D eigenvalue weighted by Crippen LogP contribution is -2.12. The number of aromatic nitrogens is 3. The Morgan fingerprint density at radius 3 is 2.61 bits per heavy atom. The van der Waals surface area contributed by atoms with Crippen molar-refractivity contribution in [1.82, 2.24) is 14.5 Å². The first-order chi connectivity index (χ1) is 15.2. The molecule has 5 rings (SSSR count). The highest BCUT2D eigenvalue weighted by Crippen LogP contribution is 2.36. The summed E-state index contributed by atoms with van der Waals surface area (Å²) in [5, 5.41) is 2.65. The number of hydrogen-bond acceptors (Lipinski definition) is 5. The van der Waals surface area contributed by atoms with E-state index in [1.54, 1.807) is 37.4 Å². The Morgan fingerprint density at radius 1 is 0.903 bits per heavy atom. The molecule has 0 fully saturated rings. The monoisotopic (exact) mass is 409 g/mol. The zero-order valence-electron chi connectivity index (χ0n) is 17.1. The third kappa shape index (κ3) is 3.09. The molecule has 0 spiro atoms. The van der Waals surface area contributed by atoms with Gasteiger partial charge in [0.25, 0.3) is 5.91 Å². The van der Waals surface area contributed by atoms with Gasteiger partial charge in [-0.2, -0.15) is 0 Å². The third-order valence-electron chi connectivity index (χ3n) is 5.39. The highest BCUT2D eigenvalue weighted by Gasteiger charge is 2.19. The van der Waals surface area contributed by atoms with Crippen LogP contribution >= 0.6 is 0 Å². The molecule has 152 valence electrons. The van der Waals surface area contributed by atoms with Gasteiger partial charge in [-0.15, -0.1) is 0 Å². The second-order valence-corrected chi connectivity index (χ2v) is 7.06. The van der Waals surface area contributed by atoms with Gasteiger partial charge in [-0.25, -0.2) is 4.98 Å². The zero-order valence-corrected chi connectivity index (χ0v) is 17.1. The van der Waals surface area contributed by atoms with E-state index < -0.39 is 0 Å². The van der Waals surface area contributed by atoms with Crippen molar-refractivity contribution in [2.75, 3.05) is 14.2 Å². The first-order valence-corrected chi connectivity index (χ1v) is 9.77. The number of methoxy groups -OCH3 is 2. The van der Waals surface area contributed by atoms with E-state index in [1.165, 1.54) is 0 Å². The molecular formula is C25H19N3O3. The molecule has 0 saturated heterocycles. The second kappa shape index (κ2) is 7.57. The zero-order chi connectivity index (χ0) is 21.4. The van der Waals surface area contributed by atoms with Gasteiger partial charge in [0.15, 0.2) is 11.5 Å². The number of ether oxygens (including phenoxy) is 2. The first kappa shape index (κ1) is 18.8. The molecule has 0 radical (unpaired) electrons. The minimum absolute atomic E-state index is 0.158. The fourth-order valence-electron chi connectivity index (χ4n) is 3.88. The molecule has 0 amide bonds.